The smallest absolute Gasteiger partial charge is 0.312 e. The van der Waals surface area contributed by atoms with Gasteiger partial charge in [0.15, 0.2) is 0 Å². The summed E-state index contributed by atoms with van der Waals surface area (Å²) in [6, 6.07) is 7.82. The molecule has 0 saturated heterocycles. The molecule has 2 rings (SSSR count). The lowest BCUT2D eigenvalue weighted by atomic mass is 10.1. The molecule has 1 N–H and O–H groups in total. The molecule has 110 valence electrons. The molecule has 5 nitrogen and oxygen atoms in total. The van der Waals surface area contributed by atoms with Gasteiger partial charge in [-0.15, -0.1) is 0 Å². The van der Waals surface area contributed by atoms with Crippen LogP contribution >= 0.6 is 27.5 Å². The number of aliphatic hydroxyl groups excluding tert-OH is 1. The molecule has 0 radical (unpaired) electrons. The Morgan fingerprint density at radius 1 is 1.38 bits per heavy atom. The van der Waals surface area contributed by atoms with Crippen molar-refractivity contribution >= 4 is 33.2 Å². The van der Waals surface area contributed by atoms with E-state index in [1.165, 1.54) is 12.1 Å². The SMILES string of the molecule is Cc1cc(Br)cc([N+](=O)[O-])c1Oc1cc(Cl)ccc1CO. The van der Waals surface area contributed by atoms with Crippen molar-refractivity contribution < 1.29 is 14.8 Å². The third kappa shape index (κ3) is 3.53. The minimum atomic E-state index is -0.518. The maximum atomic E-state index is 11.2. The maximum absolute atomic E-state index is 11.2. The molecule has 0 unspecified atom stereocenters. The van der Waals surface area contributed by atoms with Gasteiger partial charge in [0.1, 0.15) is 5.75 Å². The third-order valence-electron chi connectivity index (χ3n) is 2.83. The second-order valence-corrected chi connectivity index (χ2v) is 5.69. The summed E-state index contributed by atoms with van der Waals surface area (Å²) in [6.07, 6.45) is 0. The summed E-state index contributed by atoms with van der Waals surface area (Å²) in [7, 11) is 0. The van der Waals surface area contributed by atoms with Crippen molar-refractivity contribution in [1.29, 1.82) is 0 Å². The second-order valence-electron chi connectivity index (χ2n) is 4.34. The standard InChI is InChI=1S/C14H11BrClNO4/c1-8-4-10(15)5-12(17(19)20)14(8)21-13-6-11(16)3-2-9(13)7-18/h2-6,18H,7H2,1H3. The summed E-state index contributed by atoms with van der Waals surface area (Å²) >= 11 is 9.12. The first kappa shape index (κ1) is 15.8. The molecular weight excluding hydrogens is 362 g/mol. The highest BCUT2D eigenvalue weighted by molar-refractivity contribution is 9.10. The minimum absolute atomic E-state index is 0.125. The first-order valence-corrected chi connectivity index (χ1v) is 7.11. The Morgan fingerprint density at radius 3 is 2.71 bits per heavy atom. The van der Waals surface area contributed by atoms with Gasteiger partial charge in [0.25, 0.3) is 0 Å². The molecule has 0 bridgehead atoms. The first-order chi connectivity index (χ1) is 9.92. The van der Waals surface area contributed by atoms with Crippen molar-refractivity contribution in [2.45, 2.75) is 13.5 Å². The van der Waals surface area contributed by atoms with E-state index in [0.29, 0.717) is 26.4 Å². The normalized spacial score (nSPS) is 10.5. The number of nitro groups is 1. The van der Waals surface area contributed by atoms with Crippen molar-refractivity contribution in [2.24, 2.45) is 0 Å². The van der Waals surface area contributed by atoms with Gasteiger partial charge in [-0.2, -0.15) is 0 Å². The summed E-state index contributed by atoms with van der Waals surface area (Å²) in [6.45, 7) is 1.45. The van der Waals surface area contributed by atoms with Gasteiger partial charge in [-0.25, -0.2) is 0 Å². The molecule has 2 aromatic rings. The Balaban J connectivity index is 2.54. The largest absolute Gasteiger partial charge is 0.449 e. The van der Waals surface area contributed by atoms with Gasteiger partial charge in [-0.3, -0.25) is 10.1 Å². The minimum Gasteiger partial charge on any atom is -0.449 e. The number of benzene rings is 2. The Hall–Kier alpha value is -1.63. The molecule has 0 aliphatic heterocycles. The number of nitrogens with zero attached hydrogens (tertiary/aromatic N) is 1. The second kappa shape index (κ2) is 6.43. The zero-order valence-electron chi connectivity index (χ0n) is 11.0. The Labute approximate surface area is 134 Å². The molecule has 0 fully saturated rings. The number of hydrogen-bond donors (Lipinski definition) is 1. The molecule has 0 amide bonds. The quantitative estimate of drug-likeness (QED) is 0.628. The highest BCUT2D eigenvalue weighted by Crippen LogP contribution is 2.38. The van der Waals surface area contributed by atoms with E-state index >= 15 is 0 Å². The fourth-order valence-corrected chi connectivity index (χ4v) is 2.57. The molecule has 0 atom stereocenters. The first-order valence-electron chi connectivity index (χ1n) is 5.94. The van der Waals surface area contributed by atoms with Crippen molar-refractivity contribution in [2.75, 3.05) is 0 Å². The monoisotopic (exact) mass is 371 g/mol. The Morgan fingerprint density at radius 2 is 2.10 bits per heavy atom. The van der Waals surface area contributed by atoms with Crippen molar-refractivity contribution in [3.8, 4) is 11.5 Å². The molecule has 21 heavy (non-hydrogen) atoms. The summed E-state index contributed by atoms with van der Waals surface area (Å²) in [5.74, 6) is 0.415. The number of nitro benzene ring substituents is 1. The van der Waals surface area contributed by atoms with E-state index in [2.05, 4.69) is 15.9 Å². The zero-order chi connectivity index (χ0) is 15.6. The van der Waals surface area contributed by atoms with Crippen LogP contribution < -0.4 is 4.74 Å². The van der Waals surface area contributed by atoms with Crippen LogP contribution in [0.15, 0.2) is 34.8 Å². The van der Waals surface area contributed by atoms with Gasteiger partial charge in [0.2, 0.25) is 5.75 Å². The highest BCUT2D eigenvalue weighted by atomic mass is 79.9. The highest BCUT2D eigenvalue weighted by Gasteiger charge is 2.20. The van der Waals surface area contributed by atoms with Crippen LogP contribution in [0.25, 0.3) is 0 Å². The molecule has 0 saturated carbocycles. The Bertz CT molecular complexity index is 706. The van der Waals surface area contributed by atoms with Crippen LogP contribution in [-0.2, 0) is 6.61 Å². The van der Waals surface area contributed by atoms with Gasteiger partial charge in [0, 0.05) is 21.1 Å². The van der Waals surface area contributed by atoms with Crippen LogP contribution in [0, 0.1) is 17.0 Å². The maximum Gasteiger partial charge on any atom is 0.312 e. The van der Waals surface area contributed by atoms with Crippen LogP contribution in [-0.4, -0.2) is 10.0 Å². The van der Waals surface area contributed by atoms with E-state index in [0.717, 1.165) is 0 Å². The van der Waals surface area contributed by atoms with Crippen LogP contribution in [0.3, 0.4) is 0 Å². The van der Waals surface area contributed by atoms with Gasteiger partial charge in [0.05, 0.1) is 11.5 Å². The summed E-state index contributed by atoms with van der Waals surface area (Å²) in [4.78, 5) is 10.6. The van der Waals surface area contributed by atoms with E-state index in [4.69, 9.17) is 16.3 Å². The van der Waals surface area contributed by atoms with Gasteiger partial charge < -0.3 is 9.84 Å². The van der Waals surface area contributed by atoms with Crippen LogP contribution in [0.1, 0.15) is 11.1 Å². The van der Waals surface area contributed by atoms with E-state index in [-0.39, 0.29) is 18.0 Å². The number of hydrogen-bond acceptors (Lipinski definition) is 4. The topological polar surface area (TPSA) is 72.6 Å². The Kier molecular flexibility index (Phi) is 4.82. The molecule has 0 aliphatic carbocycles. The van der Waals surface area contributed by atoms with Crippen molar-refractivity contribution in [3.63, 3.8) is 0 Å². The van der Waals surface area contributed by atoms with Crippen molar-refractivity contribution in [3.05, 3.63) is 61.1 Å². The molecule has 0 spiro atoms. The van der Waals surface area contributed by atoms with Crippen LogP contribution in [0.4, 0.5) is 5.69 Å². The molecule has 2 aromatic carbocycles. The number of ether oxygens (including phenoxy) is 1. The fraction of sp³-hybridized carbons (Fsp3) is 0.143. The fourth-order valence-electron chi connectivity index (χ4n) is 1.84. The lowest BCUT2D eigenvalue weighted by Crippen LogP contribution is -1.98. The predicted octanol–water partition coefficient (Wildman–Crippen LogP) is 4.60. The van der Waals surface area contributed by atoms with Crippen LogP contribution in [0.5, 0.6) is 11.5 Å². The van der Waals surface area contributed by atoms with E-state index < -0.39 is 4.92 Å². The lowest BCUT2D eigenvalue weighted by Gasteiger charge is -2.12. The van der Waals surface area contributed by atoms with Gasteiger partial charge >= 0.3 is 5.69 Å². The molecule has 0 aliphatic rings. The van der Waals surface area contributed by atoms with E-state index in [1.54, 1.807) is 25.1 Å². The summed E-state index contributed by atoms with van der Waals surface area (Å²) < 4.78 is 6.24. The number of halogens is 2. The third-order valence-corrected chi connectivity index (χ3v) is 3.52. The molecule has 0 aromatic heterocycles. The number of aryl methyl sites for hydroxylation is 1. The average molecular weight is 373 g/mol. The lowest BCUT2D eigenvalue weighted by molar-refractivity contribution is -0.385. The zero-order valence-corrected chi connectivity index (χ0v) is 13.3. The predicted molar refractivity (Wildman–Crippen MR) is 83.0 cm³/mol. The molecule has 0 heterocycles. The summed E-state index contributed by atoms with van der Waals surface area (Å²) in [5.41, 5.74) is 0.932. The van der Waals surface area contributed by atoms with Crippen LogP contribution in [0.2, 0.25) is 5.02 Å². The molecular formula is C14H11BrClNO4. The van der Waals surface area contributed by atoms with Gasteiger partial charge in [-0.05, 0) is 30.7 Å². The summed E-state index contributed by atoms with van der Waals surface area (Å²) in [5, 5.41) is 20.9. The molecule has 7 heteroatoms. The van der Waals surface area contributed by atoms with Gasteiger partial charge in [-0.1, -0.05) is 33.6 Å². The van der Waals surface area contributed by atoms with E-state index in [9.17, 15) is 15.2 Å². The van der Waals surface area contributed by atoms with Crippen molar-refractivity contribution in [1.82, 2.24) is 0 Å². The van der Waals surface area contributed by atoms with E-state index in [1.807, 2.05) is 0 Å². The number of aliphatic hydroxyl groups is 1. The average Bonchev–Trinajstić information content (AvgIpc) is 2.41. The number of rotatable bonds is 4.